The van der Waals surface area contributed by atoms with Gasteiger partial charge in [0.1, 0.15) is 6.04 Å². The van der Waals surface area contributed by atoms with E-state index in [1.165, 1.54) is 7.11 Å². The van der Waals surface area contributed by atoms with E-state index < -0.39 is 12.0 Å². The number of halogens is 1. The van der Waals surface area contributed by atoms with Crippen molar-refractivity contribution >= 4 is 17.6 Å². The SMILES string of the molecule is C#CCNC(C(=O)OC)c1ccccc1Cl. The Bertz CT molecular complexity index is 412. The number of benzene rings is 1. The molecule has 0 aromatic heterocycles. The molecule has 1 aromatic rings. The van der Waals surface area contributed by atoms with E-state index in [1.54, 1.807) is 24.3 Å². The van der Waals surface area contributed by atoms with Crippen LogP contribution in [0.25, 0.3) is 0 Å². The lowest BCUT2D eigenvalue weighted by atomic mass is 10.1. The van der Waals surface area contributed by atoms with E-state index in [-0.39, 0.29) is 6.54 Å². The highest BCUT2D eigenvalue weighted by atomic mass is 35.5. The molecule has 0 aliphatic rings. The molecule has 1 N–H and O–H groups in total. The Morgan fingerprint density at radius 1 is 1.62 bits per heavy atom. The van der Waals surface area contributed by atoms with Gasteiger partial charge in [-0.3, -0.25) is 5.32 Å². The Hall–Kier alpha value is -1.50. The van der Waals surface area contributed by atoms with Gasteiger partial charge in [0.15, 0.2) is 0 Å². The lowest BCUT2D eigenvalue weighted by molar-refractivity contribution is -0.143. The van der Waals surface area contributed by atoms with Crippen LogP contribution in [0.5, 0.6) is 0 Å². The maximum Gasteiger partial charge on any atom is 0.327 e. The van der Waals surface area contributed by atoms with E-state index in [4.69, 9.17) is 22.8 Å². The Kier molecular flexibility index (Phi) is 4.84. The van der Waals surface area contributed by atoms with Gasteiger partial charge in [0, 0.05) is 5.02 Å². The molecule has 0 aliphatic heterocycles. The number of nitrogens with one attached hydrogen (secondary N) is 1. The zero-order valence-electron chi connectivity index (χ0n) is 8.87. The van der Waals surface area contributed by atoms with Crippen LogP contribution in [-0.4, -0.2) is 19.6 Å². The Morgan fingerprint density at radius 2 is 2.31 bits per heavy atom. The minimum absolute atomic E-state index is 0.269. The van der Waals surface area contributed by atoms with E-state index >= 15 is 0 Å². The summed E-state index contributed by atoms with van der Waals surface area (Å²) in [7, 11) is 1.32. The van der Waals surface area contributed by atoms with Crippen LogP contribution in [0.3, 0.4) is 0 Å². The molecule has 0 fully saturated rings. The number of hydrogen-bond acceptors (Lipinski definition) is 3. The largest absolute Gasteiger partial charge is 0.468 e. The van der Waals surface area contributed by atoms with E-state index in [0.29, 0.717) is 10.6 Å². The zero-order chi connectivity index (χ0) is 12.0. The van der Waals surface area contributed by atoms with Crippen LogP contribution in [0.15, 0.2) is 24.3 Å². The Labute approximate surface area is 99.7 Å². The summed E-state index contributed by atoms with van der Waals surface area (Å²) in [4.78, 5) is 11.6. The second kappa shape index (κ2) is 6.16. The van der Waals surface area contributed by atoms with Gasteiger partial charge in [-0.05, 0) is 11.6 Å². The highest BCUT2D eigenvalue weighted by Gasteiger charge is 2.22. The van der Waals surface area contributed by atoms with Crippen molar-refractivity contribution in [1.82, 2.24) is 5.32 Å². The first-order valence-corrected chi connectivity index (χ1v) is 5.07. The lowest BCUT2D eigenvalue weighted by Gasteiger charge is -2.16. The molecule has 0 heterocycles. The molecule has 0 aliphatic carbocycles. The molecule has 1 rings (SSSR count). The summed E-state index contributed by atoms with van der Waals surface area (Å²) in [6.45, 7) is 0.269. The van der Waals surface area contributed by atoms with Crippen LogP contribution < -0.4 is 5.32 Å². The summed E-state index contributed by atoms with van der Waals surface area (Å²) in [5, 5.41) is 3.38. The molecule has 3 nitrogen and oxygen atoms in total. The first-order valence-electron chi connectivity index (χ1n) is 4.69. The fraction of sp³-hybridized carbons (Fsp3) is 0.250. The van der Waals surface area contributed by atoms with Crippen molar-refractivity contribution in [3.8, 4) is 12.3 Å². The molecular weight excluding hydrogens is 226 g/mol. The molecule has 0 radical (unpaired) electrons. The van der Waals surface area contributed by atoms with Gasteiger partial charge in [-0.1, -0.05) is 35.7 Å². The summed E-state index contributed by atoms with van der Waals surface area (Å²) < 4.78 is 4.69. The maximum absolute atomic E-state index is 11.6. The Balaban J connectivity index is 2.97. The predicted octanol–water partition coefficient (Wildman–Crippen LogP) is 1.78. The number of esters is 1. The van der Waals surface area contributed by atoms with Crippen molar-refractivity contribution in [2.45, 2.75) is 6.04 Å². The van der Waals surface area contributed by atoms with Gasteiger partial charge in [0.2, 0.25) is 0 Å². The highest BCUT2D eigenvalue weighted by molar-refractivity contribution is 6.31. The van der Waals surface area contributed by atoms with E-state index in [1.807, 2.05) is 0 Å². The lowest BCUT2D eigenvalue weighted by Crippen LogP contribution is -2.30. The van der Waals surface area contributed by atoms with Gasteiger partial charge in [-0.25, -0.2) is 4.79 Å². The first-order chi connectivity index (χ1) is 7.70. The average Bonchev–Trinajstić information content (AvgIpc) is 2.31. The third-order valence-corrected chi connectivity index (χ3v) is 2.41. The maximum atomic E-state index is 11.6. The van der Waals surface area contributed by atoms with Gasteiger partial charge in [0.05, 0.1) is 13.7 Å². The van der Waals surface area contributed by atoms with Crippen molar-refractivity contribution in [3.63, 3.8) is 0 Å². The number of methoxy groups -OCH3 is 1. The van der Waals surface area contributed by atoms with Crippen LogP contribution in [0.2, 0.25) is 5.02 Å². The number of terminal acetylenes is 1. The predicted molar refractivity (Wildman–Crippen MR) is 63.0 cm³/mol. The number of hydrogen-bond donors (Lipinski definition) is 1. The van der Waals surface area contributed by atoms with Gasteiger partial charge >= 0.3 is 5.97 Å². The zero-order valence-corrected chi connectivity index (χ0v) is 9.62. The smallest absolute Gasteiger partial charge is 0.327 e. The number of carbonyl (C=O) groups is 1. The summed E-state index contributed by atoms with van der Waals surface area (Å²) in [5.41, 5.74) is 0.659. The molecule has 1 unspecified atom stereocenters. The quantitative estimate of drug-likeness (QED) is 0.641. The fourth-order valence-electron chi connectivity index (χ4n) is 1.31. The van der Waals surface area contributed by atoms with E-state index in [0.717, 1.165) is 0 Å². The summed E-state index contributed by atoms with van der Waals surface area (Å²) in [6.07, 6.45) is 5.14. The van der Waals surface area contributed by atoms with E-state index in [2.05, 4.69) is 11.2 Å². The third-order valence-electron chi connectivity index (χ3n) is 2.06. The molecule has 0 saturated heterocycles. The molecule has 0 saturated carbocycles. The van der Waals surface area contributed by atoms with Crippen molar-refractivity contribution in [2.24, 2.45) is 0 Å². The molecular formula is C12H12ClNO2. The van der Waals surface area contributed by atoms with Crippen LogP contribution in [-0.2, 0) is 9.53 Å². The minimum Gasteiger partial charge on any atom is -0.468 e. The first kappa shape index (κ1) is 12.6. The van der Waals surface area contributed by atoms with Crippen LogP contribution in [0.4, 0.5) is 0 Å². The fourth-order valence-corrected chi connectivity index (χ4v) is 1.55. The average molecular weight is 238 g/mol. The number of rotatable bonds is 4. The van der Waals surface area contributed by atoms with Crippen LogP contribution >= 0.6 is 11.6 Å². The Morgan fingerprint density at radius 3 is 2.88 bits per heavy atom. The third kappa shape index (κ3) is 2.99. The monoisotopic (exact) mass is 237 g/mol. The molecule has 1 aromatic carbocycles. The van der Waals surface area contributed by atoms with Gasteiger partial charge in [-0.2, -0.15) is 0 Å². The number of carbonyl (C=O) groups excluding carboxylic acids is 1. The van der Waals surface area contributed by atoms with Crippen LogP contribution in [0, 0.1) is 12.3 Å². The molecule has 0 spiro atoms. The van der Waals surface area contributed by atoms with E-state index in [9.17, 15) is 4.79 Å². The molecule has 4 heteroatoms. The van der Waals surface area contributed by atoms with Crippen molar-refractivity contribution in [2.75, 3.05) is 13.7 Å². The van der Waals surface area contributed by atoms with Gasteiger partial charge in [-0.15, -0.1) is 6.42 Å². The second-order valence-electron chi connectivity index (χ2n) is 3.06. The van der Waals surface area contributed by atoms with Crippen molar-refractivity contribution in [3.05, 3.63) is 34.9 Å². The normalized spacial score (nSPS) is 11.6. The van der Waals surface area contributed by atoms with Gasteiger partial charge in [0.25, 0.3) is 0 Å². The molecule has 0 bridgehead atoms. The van der Waals surface area contributed by atoms with Gasteiger partial charge < -0.3 is 4.74 Å². The summed E-state index contributed by atoms with van der Waals surface area (Å²) >= 11 is 6.00. The topological polar surface area (TPSA) is 38.3 Å². The minimum atomic E-state index is -0.630. The summed E-state index contributed by atoms with van der Waals surface area (Å²) in [6, 6.07) is 6.43. The number of ether oxygens (including phenoxy) is 1. The molecule has 1 atom stereocenters. The standard InChI is InChI=1S/C12H12ClNO2/c1-3-8-14-11(12(15)16-2)9-6-4-5-7-10(9)13/h1,4-7,11,14H,8H2,2H3. The highest BCUT2D eigenvalue weighted by Crippen LogP contribution is 2.23. The second-order valence-corrected chi connectivity index (χ2v) is 3.47. The molecule has 0 amide bonds. The summed E-state index contributed by atoms with van der Waals surface area (Å²) in [5.74, 6) is 1.99. The van der Waals surface area contributed by atoms with Crippen molar-refractivity contribution < 1.29 is 9.53 Å². The molecule has 16 heavy (non-hydrogen) atoms. The van der Waals surface area contributed by atoms with Crippen molar-refractivity contribution in [1.29, 1.82) is 0 Å². The van der Waals surface area contributed by atoms with Crippen LogP contribution in [0.1, 0.15) is 11.6 Å². The molecule has 84 valence electrons.